The minimum Gasteiger partial charge on any atom is -0.456 e. The highest BCUT2D eigenvalue weighted by molar-refractivity contribution is 7.47. The van der Waals surface area contributed by atoms with Gasteiger partial charge in [0, 0.05) is 12.8 Å². The smallest absolute Gasteiger partial charge is 0.456 e. The Bertz CT molecular complexity index is 1600. The van der Waals surface area contributed by atoms with Crippen LogP contribution in [0.1, 0.15) is 220 Å². The molecule has 0 aromatic carbocycles. The normalized spacial score (nSPS) is 14.6. The number of hydrogen-bond acceptors (Lipinski definition) is 6. The van der Waals surface area contributed by atoms with Gasteiger partial charge in [0.2, 0.25) is 5.91 Å². The number of carbonyl (C=O) groups is 2. The van der Waals surface area contributed by atoms with E-state index in [2.05, 4.69) is 123 Å². The van der Waals surface area contributed by atoms with E-state index in [0.717, 1.165) is 89.9 Å². The number of nitrogens with one attached hydrogen (secondary N) is 1. The lowest BCUT2D eigenvalue weighted by Crippen LogP contribution is -2.47. The monoisotopic (exact) mass is 1020 g/mol. The summed E-state index contributed by atoms with van der Waals surface area (Å²) < 4.78 is 30.5. The Hall–Kier alpha value is -3.33. The Balaban J connectivity index is 5.54. The van der Waals surface area contributed by atoms with E-state index in [4.69, 9.17) is 13.8 Å². The van der Waals surface area contributed by atoms with Crippen molar-refractivity contribution >= 4 is 19.7 Å². The lowest BCUT2D eigenvalue weighted by atomic mass is 10.0. The number of likely N-dealkylation sites (N-methyl/N-ethyl adjacent to an activating group) is 1. The summed E-state index contributed by atoms with van der Waals surface area (Å²) in [5.41, 5.74) is 0. The van der Waals surface area contributed by atoms with Crippen LogP contribution in [-0.2, 0) is 27.9 Å². The number of allylic oxidation sites excluding steroid dienone is 17. The first-order valence-corrected chi connectivity index (χ1v) is 30.2. The third kappa shape index (κ3) is 51.6. The van der Waals surface area contributed by atoms with Gasteiger partial charge in [-0.15, -0.1) is 0 Å². The van der Waals surface area contributed by atoms with E-state index < -0.39 is 25.9 Å². The van der Waals surface area contributed by atoms with Crippen molar-refractivity contribution in [2.24, 2.45) is 0 Å². The third-order valence-corrected chi connectivity index (χ3v) is 12.9. The van der Waals surface area contributed by atoms with E-state index in [9.17, 15) is 19.0 Å². The molecule has 0 bridgehead atoms. The number of nitrogens with zero attached hydrogens (tertiary/aromatic N) is 1. The zero-order valence-electron chi connectivity index (χ0n) is 46.9. The highest BCUT2D eigenvalue weighted by Crippen LogP contribution is 2.43. The first kappa shape index (κ1) is 68.7. The Morgan fingerprint density at radius 1 is 0.500 bits per heavy atom. The zero-order valence-corrected chi connectivity index (χ0v) is 47.8. The Morgan fingerprint density at radius 3 is 1.39 bits per heavy atom. The van der Waals surface area contributed by atoms with E-state index in [-0.39, 0.29) is 32.0 Å². The van der Waals surface area contributed by atoms with Crippen LogP contribution in [0.2, 0.25) is 0 Å². The molecule has 0 aliphatic rings. The quantitative estimate of drug-likeness (QED) is 0.0205. The summed E-state index contributed by atoms with van der Waals surface area (Å²) in [6.45, 7) is 6.79. The fourth-order valence-corrected chi connectivity index (χ4v) is 8.25. The van der Waals surface area contributed by atoms with Crippen molar-refractivity contribution in [3.63, 3.8) is 0 Å². The van der Waals surface area contributed by atoms with Gasteiger partial charge in [0.1, 0.15) is 19.3 Å². The number of ether oxygens (including phenoxy) is 1. The molecule has 412 valence electrons. The fourth-order valence-electron chi connectivity index (χ4n) is 7.51. The summed E-state index contributed by atoms with van der Waals surface area (Å²) in [5.74, 6) is -0.615. The molecule has 3 atom stereocenters. The van der Waals surface area contributed by atoms with E-state index >= 15 is 0 Å². The fraction of sp³-hybridized carbons (Fsp3) is 0.677. The van der Waals surface area contributed by atoms with Crippen molar-refractivity contribution in [1.29, 1.82) is 0 Å². The number of quaternary nitrogens is 1. The van der Waals surface area contributed by atoms with Crippen LogP contribution in [0.4, 0.5) is 0 Å². The van der Waals surface area contributed by atoms with Gasteiger partial charge in [0.25, 0.3) is 0 Å². The molecule has 0 heterocycles. The molecule has 0 aromatic heterocycles. The van der Waals surface area contributed by atoms with Gasteiger partial charge in [-0.05, 0) is 109 Å². The number of unbranched alkanes of at least 4 members (excludes halogenated alkanes) is 18. The summed E-state index contributed by atoms with van der Waals surface area (Å²) in [5, 5.41) is 3.01. The van der Waals surface area contributed by atoms with Gasteiger partial charge < -0.3 is 19.4 Å². The maximum atomic E-state index is 13.5. The van der Waals surface area contributed by atoms with Crippen LogP contribution in [-0.4, -0.2) is 74.3 Å². The van der Waals surface area contributed by atoms with Gasteiger partial charge in [-0.1, -0.05) is 208 Å². The molecular weight excluding hydrogens is 916 g/mol. The minimum atomic E-state index is -4.47. The molecular formula is C62H108N2O7P+. The molecule has 0 aliphatic carbocycles. The van der Waals surface area contributed by atoms with E-state index in [1.807, 2.05) is 33.3 Å². The summed E-state index contributed by atoms with van der Waals surface area (Å²) in [4.78, 5) is 37.6. The second kappa shape index (κ2) is 51.2. The number of rotatable bonds is 50. The van der Waals surface area contributed by atoms with E-state index in [1.54, 1.807) is 0 Å². The van der Waals surface area contributed by atoms with Gasteiger partial charge in [0.05, 0.1) is 33.8 Å². The summed E-state index contributed by atoms with van der Waals surface area (Å²) in [6, 6.07) is -0.893. The molecule has 1 amide bonds. The molecule has 0 aromatic rings. The maximum absolute atomic E-state index is 13.5. The maximum Gasteiger partial charge on any atom is 0.472 e. The van der Waals surface area contributed by atoms with Crippen LogP contribution in [0.3, 0.4) is 0 Å². The van der Waals surface area contributed by atoms with Crippen molar-refractivity contribution in [3.05, 3.63) is 109 Å². The van der Waals surface area contributed by atoms with Crippen molar-refractivity contribution < 1.29 is 37.3 Å². The van der Waals surface area contributed by atoms with E-state index in [0.29, 0.717) is 23.9 Å². The lowest BCUT2D eigenvalue weighted by molar-refractivity contribution is -0.870. The first-order chi connectivity index (χ1) is 34.9. The van der Waals surface area contributed by atoms with Crippen LogP contribution in [0.5, 0.6) is 0 Å². The van der Waals surface area contributed by atoms with Crippen molar-refractivity contribution in [2.75, 3.05) is 40.9 Å². The summed E-state index contributed by atoms with van der Waals surface area (Å²) >= 11 is 0. The van der Waals surface area contributed by atoms with Gasteiger partial charge in [-0.25, -0.2) is 4.57 Å². The first-order valence-electron chi connectivity index (χ1n) is 28.7. The number of esters is 1. The van der Waals surface area contributed by atoms with Crippen molar-refractivity contribution in [2.45, 2.75) is 232 Å². The Labute approximate surface area is 442 Å². The number of phosphoric acid groups is 1. The second-order valence-electron chi connectivity index (χ2n) is 20.1. The molecule has 3 unspecified atom stereocenters. The molecule has 0 radical (unpaired) electrons. The Kier molecular flexibility index (Phi) is 48.8. The van der Waals surface area contributed by atoms with Crippen LogP contribution in [0.15, 0.2) is 109 Å². The van der Waals surface area contributed by atoms with Gasteiger partial charge in [-0.3, -0.25) is 18.6 Å². The molecule has 0 fully saturated rings. The number of hydrogen-bond donors (Lipinski definition) is 2. The average Bonchev–Trinajstić information content (AvgIpc) is 3.34. The molecule has 72 heavy (non-hydrogen) atoms. The van der Waals surface area contributed by atoms with Gasteiger partial charge >= 0.3 is 13.8 Å². The van der Waals surface area contributed by atoms with Crippen LogP contribution in [0, 0.1) is 0 Å². The standard InChI is InChI=1S/C62H107N2O7P/c1-7-10-13-16-19-22-25-28-30-32-34-37-40-43-46-49-52-55-62(66)71-60(53-50-47-44-41-38-35-27-24-21-18-15-12-9-3)59(58-70-72(67,68)69-57-56-64(4,5)6)63-61(65)54-51-48-45-42-39-36-33-31-29-26-23-20-17-14-11-8-2/h11,14,19-20,22-23,28-31,34,36-37,39,43,46,50,53,59-60H,7-10,12-13,15-18,21,24-27,32-33,35,38,40-42,44-45,47-49,51-52,54-58H2,1-6H3,(H-,63,65,67,68)/p+1/b14-11+,22-19-,23-20+,30-28-,31-29+,37-34-,39-36+,46-43-,53-50+. The largest absolute Gasteiger partial charge is 0.472 e. The number of phosphoric ester groups is 1. The molecule has 0 saturated heterocycles. The zero-order chi connectivity index (χ0) is 52.9. The third-order valence-electron chi connectivity index (χ3n) is 11.9. The second-order valence-corrected chi connectivity index (χ2v) is 21.5. The summed E-state index contributed by atoms with van der Waals surface area (Å²) in [6.07, 6.45) is 69.5. The molecule has 0 rings (SSSR count). The van der Waals surface area contributed by atoms with Crippen molar-refractivity contribution in [3.8, 4) is 0 Å². The highest BCUT2D eigenvalue weighted by atomic mass is 31.2. The van der Waals surface area contributed by atoms with E-state index in [1.165, 1.54) is 83.5 Å². The van der Waals surface area contributed by atoms with Gasteiger partial charge in [0.15, 0.2) is 0 Å². The summed E-state index contributed by atoms with van der Waals surface area (Å²) in [7, 11) is 1.43. The topological polar surface area (TPSA) is 111 Å². The number of carbonyl (C=O) groups excluding carboxylic acids is 2. The average molecular weight is 1020 g/mol. The predicted octanol–water partition coefficient (Wildman–Crippen LogP) is 17.4. The molecule has 0 spiro atoms. The molecule has 0 saturated carbocycles. The predicted molar refractivity (Wildman–Crippen MR) is 309 cm³/mol. The van der Waals surface area contributed by atoms with Crippen LogP contribution >= 0.6 is 7.82 Å². The lowest BCUT2D eigenvalue weighted by Gasteiger charge is -2.27. The van der Waals surface area contributed by atoms with Gasteiger partial charge in [-0.2, -0.15) is 0 Å². The number of amides is 1. The van der Waals surface area contributed by atoms with Crippen LogP contribution in [0.25, 0.3) is 0 Å². The molecule has 9 nitrogen and oxygen atoms in total. The van der Waals surface area contributed by atoms with Crippen LogP contribution < -0.4 is 5.32 Å². The highest BCUT2D eigenvalue weighted by Gasteiger charge is 2.30. The molecule has 10 heteroatoms. The minimum absolute atomic E-state index is 0.0198. The molecule has 0 aliphatic heterocycles. The molecule has 2 N–H and O–H groups in total. The Morgan fingerprint density at radius 2 is 0.903 bits per heavy atom. The SMILES string of the molecule is CC/C=C/C/C=C/C/C=C/C/C=C/CCCCCC(=O)NC(COP(=O)(O)OCC[N+](C)(C)C)C(/C=C/CCCCCCCCCCCCC)OC(=O)CCC/C=C\C/C=C\C/C=C\C/C=C\CCCCC. The van der Waals surface area contributed by atoms with Crippen molar-refractivity contribution in [1.82, 2.24) is 5.32 Å².